The first-order valence-electron chi connectivity index (χ1n) is 13.3. The zero-order chi connectivity index (χ0) is 27.7. The number of aromatic nitrogens is 2. The molecule has 0 amide bonds. The Hall–Kier alpha value is -3.81. The molecule has 0 spiro atoms. The molecular formula is C32H33N3O3S. The molecule has 1 atom stereocenters. The van der Waals surface area contributed by atoms with E-state index < -0.39 is 16.1 Å². The van der Waals surface area contributed by atoms with Crippen LogP contribution in [0.15, 0.2) is 101 Å². The summed E-state index contributed by atoms with van der Waals surface area (Å²) in [6, 6.07) is 27.1. The number of sulfonamides is 1. The van der Waals surface area contributed by atoms with Crippen LogP contribution >= 0.6 is 0 Å². The average Bonchev–Trinajstić information content (AvgIpc) is 2.95. The first kappa shape index (κ1) is 26.8. The van der Waals surface area contributed by atoms with E-state index in [9.17, 15) is 13.2 Å². The SMILES string of the molecule is CCc1ccc(-n2c(C(C)N(CC(C)C)S(=O)(=O)c3cccc4ccccc34)nc3ccccc3c2=O)cc1. The van der Waals surface area contributed by atoms with Crippen LogP contribution in [-0.4, -0.2) is 28.8 Å². The highest BCUT2D eigenvalue weighted by Crippen LogP contribution is 2.32. The predicted molar refractivity (Wildman–Crippen MR) is 158 cm³/mol. The van der Waals surface area contributed by atoms with Crippen LogP contribution in [0.25, 0.3) is 27.4 Å². The lowest BCUT2D eigenvalue weighted by Gasteiger charge is -2.31. The molecule has 7 heteroatoms. The highest BCUT2D eigenvalue weighted by atomic mass is 32.2. The number of aryl methyl sites for hydroxylation is 1. The summed E-state index contributed by atoms with van der Waals surface area (Å²) in [7, 11) is -3.97. The van der Waals surface area contributed by atoms with Gasteiger partial charge in [-0.2, -0.15) is 4.31 Å². The second-order valence-corrected chi connectivity index (χ2v) is 12.1. The molecule has 5 rings (SSSR count). The van der Waals surface area contributed by atoms with Gasteiger partial charge in [-0.05, 0) is 60.5 Å². The van der Waals surface area contributed by atoms with E-state index in [1.807, 2.05) is 87.5 Å². The largest absolute Gasteiger partial charge is 0.268 e. The quantitative estimate of drug-likeness (QED) is 0.225. The Morgan fingerprint density at radius 2 is 1.46 bits per heavy atom. The lowest BCUT2D eigenvalue weighted by molar-refractivity contribution is 0.296. The second-order valence-electron chi connectivity index (χ2n) is 10.3. The van der Waals surface area contributed by atoms with Crippen LogP contribution in [0.5, 0.6) is 0 Å². The molecule has 200 valence electrons. The average molecular weight is 540 g/mol. The molecule has 4 aromatic carbocycles. The van der Waals surface area contributed by atoms with Crippen LogP contribution in [0.1, 0.15) is 45.1 Å². The molecular weight excluding hydrogens is 506 g/mol. The molecule has 1 heterocycles. The van der Waals surface area contributed by atoms with Crippen LogP contribution in [0.4, 0.5) is 0 Å². The summed E-state index contributed by atoms with van der Waals surface area (Å²) in [5, 5.41) is 2.01. The number of nitrogens with zero attached hydrogens (tertiary/aromatic N) is 3. The van der Waals surface area contributed by atoms with Crippen LogP contribution in [0.3, 0.4) is 0 Å². The molecule has 1 aromatic heterocycles. The first-order chi connectivity index (χ1) is 18.7. The van der Waals surface area contributed by atoms with E-state index in [-0.39, 0.29) is 22.9 Å². The summed E-state index contributed by atoms with van der Waals surface area (Å²) in [6.45, 7) is 8.14. The van der Waals surface area contributed by atoms with Crippen molar-refractivity contribution in [1.29, 1.82) is 0 Å². The Kier molecular flexibility index (Phi) is 7.38. The highest BCUT2D eigenvalue weighted by molar-refractivity contribution is 7.89. The molecule has 0 saturated heterocycles. The van der Waals surface area contributed by atoms with E-state index in [4.69, 9.17) is 4.98 Å². The van der Waals surface area contributed by atoms with E-state index in [2.05, 4.69) is 6.92 Å². The number of hydrogen-bond acceptors (Lipinski definition) is 4. The van der Waals surface area contributed by atoms with Crippen molar-refractivity contribution in [3.8, 4) is 5.69 Å². The van der Waals surface area contributed by atoms with Crippen molar-refractivity contribution in [3.63, 3.8) is 0 Å². The molecule has 1 unspecified atom stereocenters. The fraction of sp³-hybridized carbons (Fsp3) is 0.250. The molecule has 0 aliphatic rings. The summed E-state index contributed by atoms with van der Waals surface area (Å²) in [6.07, 6.45) is 0.875. The van der Waals surface area contributed by atoms with Gasteiger partial charge in [0.25, 0.3) is 5.56 Å². The maximum atomic E-state index is 14.4. The van der Waals surface area contributed by atoms with Gasteiger partial charge in [-0.25, -0.2) is 13.4 Å². The third kappa shape index (κ3) is 5.00. The lowest BCUT2D eigenvalue weighted by Crippen LogP contribution is -2.39. The van der Waals surface area contributed by atoms with Crippen molar-refractivity contribution in [2.45, 2.75) is 45.1 Å². The van der Waals surface area contributed by atoms with Gasteiger partial charge in [-0.1, -0.05) is 81.4 Å². The van der Waals surface area contributed by atoms with Crippen molar-refractivity contribution in [2.75, 3.05) is 6.54 Å². The second kappa shape index (κ2) is 10.8. The molecule has 0 bridgehead atoms. The Labute approximate surface area is 229 Å². The Morgan fingerprint density at radius 1 is 0.821 bits per heavy atom. The summed E-state index contributed by atoms with van der Waals surface area (Å²) in [4.78, 5) is 19.1. The van der Waals surface area contributed by atoms with E-state index >= 15 is 0 Å². The van der Waals surface area contributed by atoms with Crippen molar-refractivity contribution in [3.05, 3.63) is 113 Å². The van der Waals surface area contributed by atoms with E-state index in [1.54, 1.807) is 28.8 Å². The minimum atomic E-state index is -3.97. The van der Waals surface area contributed by atoms with Crippen LogP contribution in [0, 0.1) is 5.92 Å². The van der Waals surface area contributed by atoms with Gasteiger partial charge in [0.15, 0.2) is 0 Å². The molecule has 0 radical (unpaired) electrons. The van der Waals surface area contributed by atoms with E-state index in [1.165, 1.54) is 4.31 Å². The van der Waals surface area contributed by atoms with Gasteiger partial charge < -0.3 is 0 Å². The number of para-hydroxylation sites is 1. The van der Waals surface area contributed by atoms with Gasteiger partial charge in [0.2, 0.25) is 10.0 Å². The summed E-state index contributed by atoms with van der Waals surface area (Å²) < 4.78 is 31.8. The van der Waals surface area contributed by atoms with Crippen molar-refractivity contribution < 1.29 is 8.42 Å². The van der Waals surface area contributed by atoms with Crippen molar-refractivity contribution >= 4 is 31.7 Å². The zero-order valence-corrected chi connectivity index (χ0v) is 23.5. The number of fused-ring (bicyclic) bond motifs is 2. The monoisotopic (exact) mass is 539 g/mol. The number of rotatable bonds is 8. The molecule has 0 saturated carbocycles. The standard InChI is InChI=1S/C32H33N3O3S/c1-5-24-17-19-26(20-18-24)35-31(33-29-15-9-8-14-28(29)32(35)36)23(4)34(21-22(2)3)39(37,38)30-16-10-12-25-11-6-7-13-27(25)30/h6-20,22-23H,5,21H2,1-4H3. The molecule has 6 nitrogen and oxygen atoms in total. The van der Waals surface area contributed by atoms with Crippen LogP contribution in [-0.2, 0) is 16.4 Å². The highest BCUT2D eigenvalue weighted by Gasteiger charge is 2.34. The van der Waals surface area contributed by atoms with Gasteiger partial charge in [0.1, 0.15) is 5.82 Å². The molecule has 39 heavy (non-hydrogen) atoms. The summed E-state index contributed by atoms with van der Waals surface area (Å²) in [5.74, 6) is 0.425. The third-order valence-electron chi connectivity index (χ3n) is 7.09. The molecule has 0 aliphatic carbocycles. The Balaban J connectivity index is 1.74. The minimum Gasteiger partial charge on any atom is -0.268 e. The maximum absolute atomic E-state index is 14.4. The Morgan fingerprint density at radius 3 is 2.15 bits per heavy atom. The lowest BCUT2D eigenvalue weighted by atomic mass is 10.1. The fourth-order valence-electron chi connectivity index (χ4n) is 5.06. The maximum Gasteiger partial charge on any atom is 0.266 e. The third-order valence-corrected chi connectivity index (χ3v) is 9.09. The first-order valence-corrected chi connectivity index (χ1v) is 14.8. The Bertz CT molecular complexity index is 1800. The zero-order valence-electron chi connectivity index (χ0n) is 22.7. The van der Waals surface area contributed by atoms with Gasteiger partial charge in [0.05, 0.1) is 27.5 Å². The molecule has 0 fully saturated rings. The summed E-state index contributed by atoms with van der Waals surface area (Å²) >= 11 is 0. The molecule has 0 aliphatic heterocycles. The minimum absolute atomic E-state index is 0.0432. The van der Waals surface area contributed by atoms with Crippen molar-refractivity contribution in [1.82, 2.24) is 13.9 Å². The molecule has 0 N–H and O–H groups in total. The van der Waals surface area contributed by atoms with Gasteiger partial charge in [-0.3, -0.25) is 9.36 Å². The normalized spacial score (nSPS) is 13.0. The van der Waals surface area contributed by atoms with Crippen LogP contribution in [0.2, 0.25) is 0 Å². The van der Waals surface area contributed by atoms with Crippen LogP contribution < -0.4 is 5.56 Å². The molecule has 5 aromatic rings. The predicted octanol–water partition coefficient (Wildman–Crippen LogP) is 6.51. The van der Waals surface area contributed by atoms with Gasteiger partial charge in [-0.15, -0.1) is 0 Å². The van der Waals surface area contributed by atoms with Gasteiger partial charge >= 0.3 is 0 Å². The van der Waals surface area contributed by atoms with E-state index in [0.29, 0.717) is 27.8 Å². The van der Waals surface area contributed by atoms with Crippen molar-refractivity contribution in [2.24, 2.45) is 5.92 Å². The topological polar surface area (TPSA) is 72.3 Å². The number of benzene rings is 4. The fourth-order valence-corrected chi connectivity index (χ4v) is 7.03. The van der Waals surface area contributed by atoms with E-state index in [0.717, 1.165) is 17.4 Å². The van der Waals surface area contributed by atoms with Gasteiger partial charge in [0, 0.05) is 11.9 Å². The number of hydrogen-bond donors (Lipinski definition) is 0. The summed E-state index contributed by atoms with van der Waals surface area (Å²) in [5.41, 5.74) is 2.12. The smallest absolute Gasteiger partial charge is 0.266 e.